The van der Waals surface area contributed by atoms with Crippen LogP contribution in [0.2, 0.25) is 10.0 Å². The van der Waals surface area contributed by atoms with E-state index in [-0.39, 0.29) is 28.1 Å². The molecule has 1 unspecified atom stereocenters. The van der Waals surface area contributed by atoms with Gasteiger partial charge in [0.05, 0.1) is 22.2 Å². The summed E-state index contributed by atoms with van der Waals surface area (Å²) in [6.45, 7) is 5.83. The first-order valence-corrected chi connectivity index (χ1v) is 9.17. The van der Waals surface area contributed by atoms with Crippen LogP contribution in [0.3, 0.4) is 0 Å². The average molecular weight is 416 g/mol. The van der Waals surface area contributed by atoms with Crippen molar-refractivity contribution in [1.82, 2.24) is 16.0 Å². The average Bonchev–Trinajstić information content (AvgIpc) is 2.61. The second-order valence-electron chi connectivity index (χ2n) is 5.84. The van der Waals surface area contributed by atoms with Crippen LogP contribution in [0.4, 0.5) is 4.79 Å². The quantitative estimate of drug-likeness (QED) is 0.440. The van der Waals surface area contributed by atoms with E-state index in [1.807, 2.05) is 6.92 Å². The molecule has 4 N–H and O–H groups in total. The molecule has 0 aliphatic carbocycles. The van der Waals surface area contributed by atoms with E-state index in [9.17, 15) is 19.5 Å². The van der Waals surface area contributed by atoms with Crippen LogP contribution in [0.25, 0.3) is 0 Å². The highest BCUT2D eigenvalue weighted by Gasteiger charge is 2.24. The van der Waals surface area contributed by atoms with E-state index in [0.717, 1.165) is 12.8 Å². The maximum Gasteiger partial charge on any atom is 0.328 e. The van der Waals surface area contributed by atoms with Crippen LogP contribution in [-0.4, -0.2) is 42.1 Å². The fourth-order valence-electron chi connectivity index (χ4n) is 2.30. The molecule has 0 saturated heterocycles. The minimum atomic E-state index is -1.35. The van der Waals surface area contributed by atoms with Gasteiger partial charge >= 0.3 is 12.0 Å². The first-order chi connectivity index (χ1) is 12.8. The van der Waals surface area contributed by atoms with Gasteiger partial charge in [-0.25, -0.2) is 9.59 Å². The van der Waals surface area contributed by atoms with Crippen molar-refractivity contribution < 1.29 is 19.5 Å². The number of halogens is 2. The van der Waals surface area contributed by atoms with Gasteiger partial charge in [-0.15, -0.1) is 6.58 Å². The molecule has 0 fully saturated rings. The zero-order chi connectivity index (χ0) is 20.4. The van der Waals surface area contributed by atoms with Crippen molar-refractivity contribution in [3.8, 4) is 0 Å². The second-order valence-corrected chi connectivity index (χ2v) is 6.65. The monoisotopic (exact) mass is 415 g/mol. The fraction of sp³-hybridized carbons (Fsp3) is 0.389. The largest absolute Gasteiger partial charge is 0.480 e. The number of nitrogens with one attached hydrogen (secondary N) is 3. The molecule has 7 nitrogen and oxygen atoms in total. The van der Waals surface area contributed by atoms with E-state index in [4.69, 9.17) is 23.2 Å². The van der Waals surface area contributed by atoms with Gasteiger partial charge in [-0.05, 0) is 24.5 Å². The molecule has 0 heterocycles. The van der Waals surface area contributed by atoms with Gasteiger partial charge in [-0.3, -0.25) is 4.79 Å². The maximum absolute atomic E-state index is 12.3. The normalized spacial score (nSPS) is 12.6. The first kappa shape index (κ1) is 22.8. The molecule has 0 saturated carbocycles. The van der Waals surface area contributed by atoms with Crippen molar-refractivity contribution in [2.24, 2.45) is 5.92 Å². The molecular formula is C18H23Cl2N3O4. The van der Waals surface area contributed by atoms with E-state index < -0.39 is 23.9 Å². The molecule has 1 rings (SSSR count). The first-order valence-electron chi connectivity index (χ1n) is 8.42. The van der Waals surface area contributed by atoms with Gasteiger partial charge in [0.25, 0.3) is 5.91 Å². The molecule has 1 aromatic rings. The fourth-order valence-corrected chi connectivity index (χ4v) is 2.87. The summed E-state index contributed by atoms with van der Waals surface area (Å²) < 4.78 is 0. The van der Waals surface area contributed by atoms with Gasteiger partial charge in [-0.2, -0.15) is 0 Å². The lowest BCUT2D eigenvalue weighted by molar-refractivity contribution is -0.139. The van der Waals surface area contributed by atoms with E-state index in [2.05, 4.69) is 22.5 Å². The highest BCUT2D eigenvalue weighted by Crippen LogP contribution is 2.24. The molecule has 0 aliphatic rings. The summed E-state index contributed by atoms with van der Waals surface area (Å²) in [6.07, 6.45) is 3.60. The number of amides is 3. The van der Waals surface area contributed by atoms with Crippen LogP contribution in [0.5, 0.6) is 0 Å². The molecule has 27 heavy (non-hydrogen) atoms. The summed E-state index contributed by atoms with van der Waals surface area (Å²) >= 11 is 11.9. The zero-order valence-electron chi connectivity index (χ0n) is 14.9. The predicted molar refractivity (Wildman–Crippen MR) is 105 cm³/mol. The van der Waals surface area contributed by atoms with E-state index in [0.29, 0.717) is 6.54 Å². The third kappa shape index (κ3) is 7.48. The zero-order valence-corrected chi connectivity index (χ0v) is 16.4. The summed E-state index contributed by atoms with van der Waals surface area (Å²) in [5.41, 5.74) is -0.0232. The number of hydrogen-bond acceptors (Lipinski definition) is 3. The number of carbonyl (C=O) groups excluding carboxylic acids is 2. The summed E-state index contributed by atoms with van der Waals surface area (Å²) in [5.74, 6) is -1.91. The Kier molecular flexibility index (Phi) is 9.67. The Bertz CT molecular complexity index is 677. The van der Waals surface area contributed by atoms with Gasteiger partial charge in [0, 0.05) is 6.54 Å². The number of carboxylic acid groups (broad SMARTS) is 1. The van der Waals surface area contributed by atoms with E-state index in [1.54, 1.807) is 12.1 Å². The number of carbonyl (C=O) groups is 3. The number of benzene rings is 1. The lowest BCUT2D eigenvalue weighted by atomic mass is 10.0. The van der Waals surface area contributed by atoms with E-state index >= 15 is 0 Å². The lowest BCUT2D eigenvalue weighted by Crippen LogP contribution is -2.50. The van der Waals surface area contributed by atoms with Crippen LogP contribution < -0.4 is 16.0 Å². The highest BCUT2D eigenvalue weighted by atomic mass is 35.5. The van der Waals surface area contributed by atoms with Crippen molar-refractivity contribution in [1.29, 1.82) is 0 Å². The van der Waals surface area contributed by atoms with Gasteiger partial charge in [-0.1, -0.05) is 48.7 Å². The Morgan fingerprint density at radius 3 is 2.30 bits per heavy atom. The Morgan fingerprint density at radius 2 is 1.78 bits per heavy atom. The third-order valence-corrected chi connectivity index (χ3v) is 4.41. The molecular weight excluding hydrogens is 393 g/mol. The number of urea groups is 1. The van der Waals surface area contributed by atoms with Crippen molar-refractivity contribution in [3.63, 3.8) is 0 Å². The van der Waals surface area contributed by atoms with Gasteiger partial charge in [0.15, 0.2) is 0 Å². The Morgan fingerprint density at radius 1 is 1.19 bits per heavy atom. The smallest absolute Gasteiger partial charge is 0.328 e. The number of carboxylic acids is 1. The minimum Gasteiger partial charge on any atom is -0.480 e. The SMILES string of the molecule is C=CC(CCC)CNC(=O)NC[C@H](NC(=O)c1c(Cl)cccc1Cl)C(=O)O. The van der Waals surface area contributed by atoms with Crippen LogP contribution >= 0.6 is 23.2 Å². The highest BCUT2D eigenvalue weighted by molar-refractivity contribution is 6.39. The predicted octanol–water partition coefficient (Wildman–Crippen LogP) is 3.08. The van der Waals surface area contributed by atoms with Gasteiger partial charge < -0.3 is 21.1 Å². The molecule has 148 valence electrons. The summed E-state index contributed by atoms with van der Waals surface area (Å²) in [4.78, 5) is 35.5. The summed E-state index contributed by atoms with van der Waals surface area (Å²) in [7, 11) is 0. The third-order valence-electron chi connectivity index (χ3n) is 3.78. The molecule has 0 spiro atoms. The molecule has 3 amide bonds. The van der Waals surface area contributed by atoms with Crippen molar-refractivity contribution in [2.75, 3.05) is 13.1 Å². The number of rotatable bonds is 10. The van der Waals surface area contributed by atoms with Crippen LogP contribution in [0, 0.1) is 5.92 Å². The Balaban J connectivity index is 2.62. The van der Waals surface area contributed by atoms with Gasteiger partial charge in [0.1, 0.15) is 6.04 Å². The number of hydrogen-bond donors (Lipinski definition) is 4. The molecule has 1 aromatic carbocycles. The summed E-state index contributed by atoms with van der Waals surface area (Å²) in [5, 5.41) is 16.9. The molecule has 0 aromatic heterocycles. The maximum atomic E-state index is 12.3. The molecule has 2 atom stereocenters. The van der Waals surface area contributed by atoms with Crippen molar-refractivity contribution in [3.05, 3.63) is 46.5 Å². The molecule has 0 aliphatic heterocycles. The Hall–Kier alpha value is -2.25. The van der Waals surface area contributed by atoms with Crippen molar-refractivity contribution >= 4 is 41.1 Å². The van der Waals surface area contributed by atoms with Crippen LogP contribution in [0.15, 0.2) is 30.9 Å². The minimum absolute atomic E-state index is 0.0232. The topological polar surface area (TPSA) is 108 Å². The second kappa shape index (κ2) is 11.5. The lowest BCUT2D eigenvalue weighted by Gasteiger charge is -2.17. The summed E-state index contributed by atoms with van der Waals surface area (Å²) in [6, 6.07) is 2.62. The number of aliphatic carboxylic acids is 1. The van der Waals surface area contributed by atoms with Crippen LogP contribution in [-0.2, 0) is 4.79 Å². The Labute approximate surface area is 168 Å². The van der Waals surface area contributed by atoms with E-state index in [1.165, 1.54) is 12.1 Å². The van der Waals surface area contributed by atoms with Crippen LogP contribution in [0.1, 0.15) is 30.1 Å². The van der Waals surface area contributed by atoms with Crippen molar-refractivity contribution in [2.45, 2.75) is 25.8 Å². The van der Waals surface area contributed by atoms with Gasteiger partial charge in [0.2, 0.25) is 0 Å². The molecule has 0 radical (unpaired) electrons. The standard InChI is InChI=1S/C18H23Cl2N3O4/c1-3-6-11(4-2)9-21-18(27)22-10-14(17(25)26)23-16(24)15-12(19)7-5-8-13(15)20/h4-5,7-8,11,14H,2-3,6,9-10H2,1H3,(H,23,24)(H,25,26)(H2,21,22,27)/t11?,14-/m0/s1. The molecule has 0 bridgehead atoms. The molecule has 9 heteroatoms.